The molecule has 0 fully saturated rings. The maximum absolute atomic E-state index is 6.12. The van der Waals surface area contributed by atoms with Gasteiger partial charge in [-0.05, 0) is 25.6 Å². The summed E-state index contributed by atoms with van der Waals surface area (Å²) in [6.07, 6.45) is 0. The van der Waals surface area contributed by atoms with Crippen molar-refractivity contribution in [1.82, 2.24) is 4.23 Å². The summed E-state index contributed by atoms with van der Waals surface area (Å²) < 4.78 is 1.91. The molecule has 0 saturated heterocycles. The Morgan fingerprint density at radius 2 is 1.31 bits per heavy atom. The lowest BCUT2D eigenvalue weighted by molar-refractivity contribution is 0.514. The maximum atomic E-state index is 6.12. The van der Waals surface area contributed by atoms with Crippen molar-refractivity contribution >= 4 is 58.0 Å². The van der Waals surface area contributed by atoms with Crippen molar-refractivity contribution in [2.24, 2.45) is 5.92 Å². The van der Waals surface area contributed by atoms with Gasteiger partial charge in [-0.3, -0.25) is 4.23 Å². The summed E-state index contributed by atoms with van der Waals surface area (Å²) in [7, 11) is 0. The normalized spacial score (nSPS) is 14.3. The van der Waals surface area contributed by atoms with Crippen LogP contribution in [-0.2, 0) is 0 Å². The first kappa shape index (κ1) is 14.6. The van der Waals surface area contributed by atoms with Crippen LogP contribution in [0.1, 0.15) is 13.8 Å². The average Bonchev–Trinajstić information content (AvgIpc) is 1.77. The van der Waals surface area contributed by atoms with Crippen molar-refractivity contribution in [3.63, 3.8) is 0 Å². The standard InChI is InChI=1S/C6H15Cl4NSi2/c1-6(2)5-11(12(3,7)8)13(4,9)10/h6H,5H2,1-4H3. The monoisotopic (exact) mass is 297 g/mol. The molecule has 0 aromatic rings. The van der Waals surface area contributed by atoms with Gasteiger partial charge in [0.05, 0.1) is 0 Å². The van der Waals surface area contributed by atoms with Gasteiger partial charge in [0.25, 0.3) is 0 Å². The Bertz CT molecular complexity index is 149. The van der Waals surface area contributed by atoms with Gasteiger partial charge < -0.3 is 0 Å². The van der Waals surface area contributed by atoms with E-state index in [9.17, 15) is 0 Å². The molecule has 1 nitrogen and oxygen atoms in total. The van der Waals surface area contributed by atoms with E-state index in [1.54, 1.807) is 0 Å². The van der Waals surface area contributed by atoms with E-state index < -0.39 is 13.7 Å². The first-order valence-corrected chi connectivity index (χ1v) is 13.0. The van der Waals surface area contributed by atoms with E-state index in [2.05, 4.69) is 13.8 Å². The van der Waals surface area contributed by atoms with E-state index in [-0.39, 0.29) is 0 Å². The van der Waals surface area contributed by atoms with Crippen molar-refractivity contribution in [3.8, 4) is 0 Å². The topological polar surface area (TPSA) is 3.24 Å². The third kappa shape index (κ3) is 5.87. The van der Waals surface area contributed by atoms with Crippen LogP contribution >= 0.6 is 44.3 Å². The Balaban J connectivity index is 4.58. The average molecular weight is 299 g/mol. The summed E-state index contributed by atoms with van der Waals surface area (Å²) in [5.74, 6) is 0.466. The molecule has 0 spiro atoms. The van der Waals surface area contributed by atoms with E-state index in [1.807, 2.05) is 17.3 Å². The Hall–Kier alpha value is 1.55. The molecule has 0 bridgehead atoms. The van der Waals surface area contributed by atoms with Crippen LogP contribution in [-0.4, -0.2) is 24.5 Å². The number of halogens is 4. The molecule has 0 atom stereocenters. The SMILES string of the molecule is CC(C)CN([Si](C)(Cl)Cl)[Si](C)(Cl)Cl. The van der Waals surface area contributed by atoms with Crippen LogP contribution in [0.3, 0.4) is 0 Å². The van der Waals surface area contributed by atoms with Gasteiger partial charge in [-0.2, -0.15) is 0 Å². The highest BCUT2D eigenvalue weighted by atomic mass is 35.7. The van der Waals surface area contributed by atoms with Crippen LogP contribution in [0.15, 0.2) is 0 Å². The van der Waals surface area contributed by atoms with E-state index in [0.717, 1.165) is 6.54 Å². The fraction of sp³-hybridized carbons (Fsp3) is 1.00. The summed E-state index contributed by atoms with van der Waals surface area (Å²) in [6, 6.07) is 0. The highest BCUT2D eigenvalue weighted by molar-refractivity contribution is 7.53. The summed E-state index contributed by atoms with van der Waals surface area (Å²) in [5.41, 5.74) is 0. The predicted octanol–water partition coefficient (Wildman–Crippen LogP) is 4.04. The van der Waals surface area contributed by atoms with E-state index in [0.29, 0.717) is 5.92 Å². The largest absolute Gasteiger partial charge is 0.317 e. The highest BCUT2D eigenvalue weighted by Crippen LogP contribution is 2.31. The van der Waals surface area contributed by atoms with Gasteiger partial charge in [-0.1, -0.05) is 13.8 Å². The van der Waals surface area contributed by atoms with E-state index >= 15 is 0 Å². The third-order valence-electron chi connectivity index (χ3n) is 1.50. The molecule has 0 heterocycles. The smallest absolute Gasteiger partial charge is 0.298 e. The molecule has 0 aromatic carbocycles. The number of hydrogen-bond donors (Lipinski definition) is 0. The zero-order valence-corrected chi connectivity index (χ0v) is 13.3. The minimum Gasteiger partial charge on any atom is -0.298 e. The second-order valence-corrected chi connectivity index (χ2v) is 18.6. The maximum Gasteiger partial charge on any atom is 0.317 e. The first-order valence-electron chi connectivity index (χ1n) is 4.08. The summed E-state index contributed by atoms with van der Waals surface area (Å²) in [5, 5.41) is 0. The fourth-order valence-corrected chi connectivity index (χ4v) is 13.6. The lowest BCUT2D eigenvalue weighted by Gasteiger charge is -2.36. The van der Waals surface area contributed by atoms with Gasteiger partial charge in [-0.25, -0.2) is 0 Å². The minimum atomic E-state index is -2.41. The van der Waals surface area contributed by atoms with Crippen molar-refractivity contribution < 1.29 is 0 Å². The molecule has 0 aromatic heterocycles. The molecule has 0 unspecified atom stereocenters. The quantitative estimate of drug-likeness (QED) is 0.559. The fourth-order valence-electron chi connectivity index (χ4n) is 1.03. The molecule has 7 heteroatoms. The lowest BCUT2D eigenvalue weighted by atomic mass is 10.2. The zero-order chi connectivity index (χ0) is 10.9. The van der Waals surface area contributed by atoms with Crippen LogP contribution < -0.4 is 0 Å². The summed E-state index contributed by atoms with van der Waals surface area (Å²) in [6.45, 7) is 3.79. The van der Waals surface area contributed by atoms with Crippen LogP contribution in [0.5, 0.6) is 0 Å². The van der Waals surface area contributed by atoms with Crippen molar-refractivity contribution in [1.29, 1.82) is 0 Å². The van der Waals surface area contributed by atoms with Gasteiger partial charge in [-0.15, -0.1) is 44.3 Å². The van der Waals surface area contributed by atoms with Gasteiger partial charge in [0.15, 0.2) is 0 Å². The molecule has 80 valence electrons. The molecule has 0 radical (unpaired) electrons. The van der Waals surface area contributed by atoms with Crippen LogP contribution in [0.2, 0.25) is 13.1 Å². The first-order chi connectivity index (χ1) is 5.55. The Morgan fingerprint density at radius 1 is 1.00 bits per heavy atom. The molecule has 0 aliphatic heterocycles. The highest BCUT2D eigenvalue weighted by Gasteiger charge is 2.43. The number of rotatable bonds is 4. The zero-order valence-electron chi connectivity index (χ0n) is 8.24. The van der Waals surface area contributed by atoms with E-state index in [1.165, 1.54) is 0 Å². The summed E-state index contributed by atoms with van der Waals surface area (Å²) >= 11 is 24.5. The predicted molar refractivity (Wildman–Crippen MR) is 68.2 cm³/mol. The Morgan fingerprint density at radius 3 is 1.38 bits per heavy atom. The summed E-state index contributed by atoms with van der Waals surface area (Å²) in [4.78, 5) is 0. The van der Waals surface area contributed by atoms with Crippen LogP contribution in [0.4, 0.5) is 0 Å². The van der Waals surface area contributed by atoms with Crippen molar-refractivity contribution in [2.75, 3.05) is 6.54 Å². The Labute approximate surface area is 101 Å². The molecule has 0 saturated carbocycles. The lowest BCUT2D eigenvalue weighted by Crippen LogP contribution is -2.55. The molecule has 0 N–H and O–H groups in total. The van der Waals surface area contributed by atoms with Gasteiger partial charge in [0.1, 0.15) is 0 Å². The third-order valence-corrected chi connectivity index (χ3v) is 10.6. The second kappa shape index (κ2) is 5.06. The molecular weight excluding hydrogens is 284 g/mol. The molecule has 0 aliphatic rings. The van der Waals surface area contributed by atoms with E-state index in [4.69, 9.17) is 44.3 Å². The molecule has 0 aliphatic carbocycles. The second-order valence-electron chi connectivity index (χ2n) is 3.69. The van der Waals surface area contributed by atoms with Crippen LogP contribution in [0, 0.1) is 5.92 Å². The number of nitrogens with zero attached hydrogens (tertiary/aromatic N) is 1. The molecule has 0 rings (SSSR count). The van der Waals surface area contributed by atoms with Gasteiger partial charge >= 0.3 is 13.7 Å². The van der Waals surface area contributed by atoms with Crippen molar-refractivity contribution in [2.45, 2.75) is 26.9 Å². The van der Waals surface area contributed by atoms with Gasteiger partial charge in [0, 0.05) is 0 Å². The minimum absolute atomic E-state index is 0.466. The molecule has 13 heavy (non-hydrogen) atoms. The molecule has 0 amide bonds. The van der Waals surface area contributed by atoms with Gasteiger partial charge in [0.2, 0.25) is 0 Å². The molecular formula is C6H15Cl4NSi2. The van der Waals surface area contributed by atoms with Crippen molar-refractivity contribution in [3.05, 3.63) is 0 Å². The van der Waals surface area contributed by atoms with Crippen LogP contribution in [0.25, 0.3) is 0 Å². The number of hydrogen-bond acceptors (Lipinski definition) is 1. The Kier molecular flexibility index (Phi) is 5.66.